The standard InChI is InChI=1S/C23H20N6O2S/c1-4-20(30)27-16-7-5-6-13(2)21(16)28-17-8-14(3)25-9-18(17)29-23(31)15-11-32-19-10-24-12-26-22(15)19/h4-12H,1H2,2-3H3,(H,25,28)(H,27,30)(H,29,31). The van der Waals surface area contributed by atoms with E-state index in [1.54, 1.807) is 23.8 Å². The third-order valence-electron chi connectivity index (χ3n) is 4.75. The fourth-order valence-corrected chi connectivity index (χ4v) is 4.01. The van der Waals surface area contributed by atoms with Crippen LogP contribution in [-0.2, 0) is 4.79 Å². The third kappa shape index (κ3) is 4.33. The van der Waals surface area contributed by atoms with Crippen molar-refractivity contribution in [3.8, 4) is 0 Å². The van der Waals surface area contributed by atoms with E-state index in [2.05, 4.69) is 37.5 Å². The number of aromatic nitrogens is 3. The third-order valence-corrected chi connectivity index (χ3v) is 5.65. The molecule has 0 aliphatic heterocycles. The Kier molecular flexibility index (Phi) is 5.91. The van der Waals surface area contributed by atoms with Gasteiger partial charge in [0.2, 0.25) is 5.91 Å². The van der Waals surface area contributed by atoms with Gasteiger partial charge in [-0.15, -0.1) is 11.3 Å². The predicted molar refractivity (Wildman–Crippen MR) is 128 cm³/mol. The van der Waals surface area contributed by atoms with Crippen molar-refractivity contribution in [2.45, 2.75) is 13.8 Å². The molecule has 0 aliphatic carbocycles. The average molecular weight is 445 g/mol. The summed E-state index contributed by atoms with van der Waals surface area (Å²) >= 11 is 1.41. The van der Waals surface area contributed by atoms with Crippen LogP contribution in [0.15, 0.2) is 61.0 Å². The zero-order valence-electron chi connectivity index (χ0n) is 17.5. The second-order valence-electron chi connectivity index (χ2n) is 7.03. The molecule has 3 aromatic heterocycles. The molecule has 0 fully saturated rings. The lowest BCUT2D eigenvalue weighted by Crippen LogP contribution is -2.14. The number of carbonyl (C=O) groups excluding carboxylic acids is 2. The molecule has 160 valence electrons. The van der Waals surface area contributed by atoms with Gasteiger partial charge in [0.25, 0.3) is 5.91 Å². The smallest absolute Gasteiger partial charge is 0.258 e. The summed E-state index contributed by atoms with van der Waals surface area (Å²) in [5.41, 5.74) is 5.20. The number of nitrogens with one attached hydrogen (secondary N) is 3. The average Bonchev–Trinajstić information content (AvgIpc) is 3.22. The van der Waals surface area contributed by atoms with E-state index < -0.39 is 0 Å². The predicted octanol–water partition coefficient (Wildman–Crippen LogP) is 4.82. The van der Waals surface area contributed by atoms with Crippen molar-refractivity contribution >= 4 is 56.1 Å². The van der Waals surface area contributed by atoms with E-state index in [1.165, 1.54) is 23.7 Å². The monoisotopic (exact) mass is 444 g/mol. The summed E-state index contributed by atoms with van der Waals surface area (Å²) in [5.74, 6) is -0.613. The number of aryl methyl sites for hydroxylation is 2. The maximum absolute atomic E-state index is 13.0. The van der Waals surface area contributed by atoms with Gasteiger partial charge in [-0.3, -0.25) is 14.6 Å². The number of nitrogens with zero attached hydrogens (tertiary/aromatic N) is 3. The molecule has 0 radical (unpaired) electrons. The SMILES string of the molecule is C=CC(=O)Nc1cccc(C)c1Nc1cc(C)ncc1NC(=O)c1csc2cncnc12. The Bertz CT molecular complexity index is 1350. The molecule has 32 heavy (non-hydrogen) atoms. The largest absolute Gasteiger partial charge is 0.352 e. The molecule has 4 aromatic rings. The summed E-state index contributed by atoms with van der Waals surface area (Å²) in [7, 11) is 0. The van der Waals surface area contributed by atoms with Crippen molar-refractivity contribution in [3.63, 3.8) is 0 Å². The number of anilines is 4. The lowest BCUT2D eigenvalue weighted by molar-refractivity contribution is -0.111. The lowest BCUT2D eigenvalue weighted by Gasteiger charge is -2.18. The van der Waals surface area contributed by atoms with E-state index in [1.807, 2.05) is 32.0 Å². The van der Waals surface area contributed by atoms with Crippen molar-refractivity contribution < 1.29 is 9.59 Å². The second-order valence-corrected chi connectivity index (χ2v) is 7.94. The van der Waals surface area contributed by atoms with Gasteiger partial charge in [-0.1, -0.05) is 18.7 Å². The van der Waals surface area contributed by atoms with Crippen molar-refractivity contribution in [1.82, 2.24) is 15.0 Å². The minimum absolute atomic E-state index is 0.298. The summed E-state index contributed by atoms with van der Waals surface area (Å²) in [6, 6.07) is 7.40. The molecule has 8 nitrogen and oxygen atoms in total. The van der Waals surface area contributed by atoms with Gasteiger partial charge >= 0.3 is 0 Å². The fraction of sp³-hybridized carbons (Fsp3) is 0.0870. The van der Waals surface area contributed by atoms with Crippen LogP contribution in [0.25, 0.3) is 10.2 Å². The van der Waals surface area contributed by atoms with Crippen LogP contribution in [0.5, 0.6) is 0 Å². The summed E-state index contributed by atoms with van der Waals surface area (Å²) in [6.07, 6.45) is 5.91. The molecular weight excluding hydrogens is 424 g/mol. The van der Waals surface area contributed by atoms with Crippen LogP contribution >= 0.6 is 11.3 Å². The first-order chi connectivity index (χ1) is 15.5. The normalized spacial score (nSPS) is 10.6. The summed E-state index contributed by atoms with van der Waals surface area (Å²) in [6.45, 7) is 7.29. The molecular formula is C23H20N6O2S. The van der Waals surface area contributed by atoms with Gasteiger partial charge < -0.3 is 16.0 Å². The van der Waals surface area contributed by atoms with Crippen LogP contribution in [-0.4, -0.2) is 26.8 Å². The van der Waals surface area contributed by atoms with Crippen LogP contribution < -0.4 is 16.0 Å². The van der Waals surface area contributed by atoms with E-state index >= 15 is 0 Å². The molecule has 2 amide bonds. The highest BCUT2D eigenvalue weighted by Crippen LogP contribution is 2.33. The van der Waals surface area contributed by atoms with E-state index in [0.29, 0.717) is 33.8 Å². The molecule has 0 spiro atoms. The van der Waals surface area contributed by atoms with E-state index in [0.717, 1.165) is 16.0 Å². The van der Waals surface area contributed by atoms with Gasteiger partial charge in [0.05, 0.1) is 44.7 Å². The molecule has 4 rings (SSSR count). The number of thiophene rings is 1. The van der Waals surface area contributed by atoms with Crippen molar-refractivity contribution in [2.75, 3.05) is 16.0 Å². The summed E-state index contributed by atoms with van der Waals surface area (Å²) in [4.78, 5) is 37.4. The topological polar surface area (TPSA) is 109 Å². The van der Waals surface area contributed by atoms with Crippen molar-refractivity contribution in [3.05, 3.63) is 77.8 Å². The van der Waals surface area contributed by atoms with Crippen LogP contribution in [0.3, 0.4) is 0 Å². The number of hydrogen-bond donors (Lipinski definition) is 3. The molecule has 0 atom stereocenters. The number of pyridine rings is 1. The molecule has 3 N–H and O–H groups in total. The van der Waals surface area contributed by atoms with Gasteiger partial charge in [-0.25, -0.2) is 9.97 Å². The number of rotatable bonds is 6. The van der Waals surface area contributed by atoms with Crippen LogP contribution in [0, 0.1) is 13.8 Å². The number of carbonyl (C=O) groups is 2. The second kappa shape index (κ2) is 8.94. The Labute approximate surface area is 188 Å². The van der Waals surface area contributed by atoms with Gasteiger partial charge in [0.15, 0.2) is 0 Å². The van der Waals surface area contributed by atoms with Gasteiger partial charge in [-0.05, 0) is 37.6 Å². The molecule has 1 aromatic carbocycles. The number of fused-ring (bicyclic) bond motifs is 1. The summed E-state index contributed by atoms with van der Waals surface area (Å²) in [5, 5.41) is 10.8. The molecule has 0 bridgehead atoms. The fourth-order valence-electron chi connectivity index (χ4n) is 3.15. The number of benzene rings is 1. The first-order valence-electron chi connectivity index (χ1n) is 9.71. The Balaban J connectivity index is 1.67. The van der Waals surface area contributed by atoms with Gasteiger partial charge in [-0.2, -0.15) is 0 Å². The van der Waals surface area contributed by atoms with E-state index in [4.69, 9.17) is 0 Å². The number of amides is 2. The highest BCUT2D eigenvalue weighted by atomic mass is 32.1. The molecule has 0 saturated carbocycles. The maximum Gasteiger partial charge on any atom is 0.258 e. The minimum Gasteiger partial charge on any atom is -0.352 e. The van der Waals surface area contributed by atoms with Crippen molar-refractivity contribution in [1.29, 1.82) is 0 Å². The number of hydrogen-bond acceptors (Lipinski definition) is 7. The van der Waals surface area contributed by atoms with Crippen LogP contribution in [0.4, 0.5) is 22.7 Å². The maximum atomic E-state index is 13.0. The van der Waals surface area contributed by atoms with Crippen LogP contribution in [0.2, 0.25) is 0 Å². The van der Waals surface area contributed by atoms with Gasteiger partial charge in [0.1, 0.15) is 6.33 Å². The molecule has 9 heteroatoms. The van der Waals surface area contributed by atoms with Crippen LogP contribution in [0.1, 0.15) is 21.6 Å². The highest BCUT2D eigenvalue weighted by molar-refractivity contribution is 7.17. The highest BCUT2D eigenvalue weighted by Gasteiger charge is 2.17. The first kappa shape index (κ1) is 21.1. The Morgan fingerprint density at radius 1 is 1.06 bits per heavy atom. The molecule has 3 heterocycles. The first-order valence-corrected chi connectivity index (χ1v) is 10.6. The summed E-state index contributed by atoms with van der Waals surface area (Å²) < 4.78 is 0.834. The number of para-hydroxylation sites is 1. The van der Waals surface area contributed by atoms with E-state index in [9.17, 15) is 9.59 Å². The van der Waals surface area contributed by atoms with Gasteiger partial charge in [0, 0.05) is 17.3 Å². The minimum atomic E-state index is -0.315. The Morgan fingerprint density at radius 3 is 2.72 bits per heavy atom. The van der Waals surface area contributed by atoms with E-state index in [-0.39, 0.29) is 11.8 Å². The molecule has 0 unspecified atom stereocenters. The lowest BCUT2D eigenvalue weighted by atomic mass is 10.1. The molecule has 0 aliphatic rings. The zero-order chi connectivity index (χ0) is 22.7. The molecule has 0 saturated heterocycles. The Morgan fingerprint density at radius 2 is 1.91 bits per heavy atom. The van der Waals surface area contributed by atoms with Crippen molar-refractivity contribution in [2.24, 2.45) is 0 Å². The quantitative estimate of drug-likeness (QED) is 0.368. The Hall–Kier alpha value is -4.11. The zero-order valence-corrected chi connectivity index (χ0v) is 18.3.